The Kier molecular flexibility index (Phi) is 4.22. The van der Waals surface area contributed by atoms with Crippen LogP contribution >= 0.6 is 0 Å². The first-order valence-electron chi connectivity index (χ1n) is 9.06. The molecule has 0 unspecified atom stereocenters. The highest BCUT2D eigenvalue weighted by Gasteiger charge is 2.42. The molecule has 1 aromatic carbocycles. The first-order valence-corrected chi connectivity index (χ1v) is 9.06. The number of hydrogen-bond donors (Lipinski definition) is 2. The van der Waals surface area contributed by atoms with Crippen molar-refractivity contribution in [2.24, 2.45) is 0 Å². The predicted octanol–water partition coefficient (Wildman–Crippen LogP) is 3.85. The molecule has 2 N–H and O–H groups in total. The molecule has 1 aromatic heterocycles. The Labute approximate surface area is 152 Å². The van der Waals surface area contributed by atoms with Crippen LogP contribution in [0.5, 0.6) is 11.5 Å². The molecule has 1 saturated carbocycles. The lowest BCUT2D eigenvalue weighted by Crippen LogP contribution is -2.40. The van der Waals surface area contributed by atoms with Crippen molar-refractivity contribution in [3.63, 3.8) is 0 Å². The molecule has 26 heavy (non-hydrogen) atoms. The van der Waals surface area contributed by atoms with Gasteiger partial charge in [0, 0.05) is 30.7 Å². The van der Waals surface area contributed by atoms with Gasteiger partial charge in [0.1, 0.15) is 11.8 Å². The summed E-state index contributed by atoms with van der Waals surface area (Å²) in [6.07, 6.45) is 5.31. The first kappa shape index (κ1) is 16.8. The number of aryl methyl sites for hydroxylation is 1. The molecule has 138 valence electrons. The fourth-order valence-electron chi connectivity index (χ4n) is 3.45. The summed E-state index contributed by atoms with van der Waals surface area (Å²) in [4.78, 5) is 12.3. The fourth-order valence-corrected chi connectivity index (χ4v) is 3.45. The van der Waals surface area contributed by atoms with Crippen molar-refractivity contribution in [2.75, 3.05) is 10.6 Å². The lowest BCUT2D eigenvalue weighted by molar-refractivity contribution is -0.116. The van der Waals surface area contributed by atoms with Gasteiger partial charge in [0.05, 0.1) is 0 Å². The van der Waals surface area contributed by atoms with Crippen LogP contribution in [0.25, 0.3) is 0 Å². The Morgan fingerprint density at radius 2 is 1.92 bits per heavy atom. The summed E-state index contributed by atoms with van der Waals surface area (Å²) in [6.45, 7) is 3.56. The average molecular weight is 357 g/mol. The number of hydrogen-bond acceptors (Lipinski definition) is 6. The molecule has 4 rings (SSSR count). The van der Waals surface area contributed by atoms with Crippen LogP contribution in [0.4, 0.5) is 11.5 Å². The van der Waals surface area contributed by atoms with Gasteiger partial charge < -0.3 is 24.6 Å². The van der Waals surface area contributed by atoms with E-state index in [0.717, 1.165) is 42.9 Å². The van der Waals surface area contributed by atoms with Gasteiger partial charge in [-0.2, -0.15) is 0 Å². The Bertz CT molecular complexity index is 811. The molecule has 7 nitrogen and oxygen atoms in total. The normalized spacial score (nSPS) is 18.5. The van der Waals surface area contributed by atoms with E-state index in [9.17, 15) is 4.79 Å². The second-order valence-corrected chi connectivity index (χ2v) is 7.02. The van der Waals surface area contributed by atoms with Crippen LogP contribution in [0, 0.1) is 6.92 Å². The highest BCUT2D eigenvalue weighted by Crippen LogP contribution is 2.46. The monoisotopic (exact) mass is 357 g/mol. The number of carbonyl (C=O) groups is 1. The molecular formula is C19H23N3O4. The summed E-state index contributed by atoms with van der Waals surface area (Å²) in [5.74, 6) is 1.87. The Hall–Kier alpha value is -2.70. The lowest BCUT2D eigenvalue weighted by atomic mass is 9.94. The number of ether oxygens (including phenoxy) is 2. The molecule has 1 aliphatic carbocycles. The third-order valence-corrected chi connectivity index (χ3v) is 4.81. The van der Waals surface area contributed by atoms with E-state index in [4.69, 9.17) is 14.0 Å². The molecule has 1 aliphatic heterocycles. The van der Waals surface area contributed by atoms with Crippen molar-refractivity contribution in [3.8, 4) is 11.5 Å². The molecule has 2 aliphatic rings. The van der Waals surface area contributed by atoms with Crippen molar-refractivity contribution in [1.29, 1.82) is 0 Å². The third-order valence-electron chi connectivity index (χ3n) is 4.81. The van der Waals surface area contributed by atoms with E-state index in [-0.39, 0.29) is 5.91 Å². The number of rotatable bonds is 4. The van der Waals surface area contributed by atoms with Crippen LogP contribution in [-0.4, -0.2) is 22.9 Å². The van der Waals surface area contributed by atoms with E-state index in [1.165, 1.54) is 6.42 Å². The zero-order valence-corrected chi connectivity index (χ0v) is 15.0. The average Bonchev–Trinajstić information content (AvgIpc) is 3.18. The van der Waals surface area contributed by atoms with E-state index in [0.29, 0.717) is 11.6 Å². The number of nitrogens with one attached hydrogen (secondary N) is 2. The minimum absolute atomic E-state index is 0.195. The zero-order chi connectivity index (χ0) is 18.1. The van der Waals surface area contributed by atoms with Gasteiger partial charge >= 0.3 is 0 Å². The number of amides is 1. The van der Waals surface area contributed by atoms with Crippen molar-refractivity contribution in [3.05, 3.63) is 30.0 Å². The molecule has 0 bridgehead atoms. The SMILES string of the molecule is Cc1cc(NC(=O)[C@H](C)Nc2ccc3c(c2)OC2(CCCCC2)O3)no1. The number of benzene rings is 1. The third kappa shape index (κ3) is 3.34. The quantitative estimate of drug-likeness (QED) is 0.864. The molecule has 1 atom stereocenters. The van der Waals surface area contributed by atoms with Gasteiger partial charge in [-0.3, -0.25) is 4.79 Å². The van der Waals surface area contributed by atoms with Gasteiger partial charge in [-0.25, -0.2) is 0 Å². The molecular weight excluding hydrogens is 334 g/mol. The summed E-state index contributed by atoms with van der Waals surface area (Å²) in [7, 11) is 0. The van der Waals surface area contributed by atoms with E-state index in [2.05, 4.69) is 15.8 Å². The highest BCUT2D eigenvalue weighted by atomic mass is 16.7. The van der Waals surface area contributed by atoms with Gasteiger partial charge in [0.2, 0.25) is 5.91 Å². The topological polar surface area (TPSA) is 85.6 Å². The van der Waals surface area contributed by atoms with E-state index in [1.807, 2.05) is 18.2 Å². The van der Waals surface area contributed by atoms with Crippen molar-refractivity contribution >= 4 is 17.4 Å². The van der Waals surface area contributed by atoms with E-state index < -0.39 is 11.8 Å². The summed E-state index contributed by atoms with van der Waals surface area (Å²) in [6, 6.07) is 6.91. The summed E-state index contributed by atoms with van der Waals surface area (Å²) in [5, 5.41) is 9.67. The molecule has 1 spiro atoms. The minimum atomic E-state index is -0.493. The molecule has 2 aromatic rings. The molecule has 0 radical (unpaired) electrons. The molecule has 0 saturated heterocycles. The smallest absolute Gasteiger partial charge is 0.251 e. The van der Waals surface area contributed by atoms with Gasteiger partial charge in [0.25, 0.3) is 5.79 Å². The molecule has 1 amide bonds. The summed E-state index contributed by atoms with van der Waals surface area (Å²) >= 11 is 0. The maximum Gasteiger partial charge on any atom is 0.251 e. The second-order valence-electron chi connectivity index (χ2n) is 7.02. The molecule has 2 heterocycles. The Morgan fingerprint density at radius 3 is 2.65 bits per heavy atom. The molecule has 7 heteroatoms. The Morgan fingerprint density at radius 1 is 1.15 bits per heavy atom. The van der Waals surface area contributed by atoms with Crippen LogP contribution in [-0.2, 0) is 4.79 Å². The highest BCUT2D eigenvalue weighted by molar-refractivity contribution is 5.95. The van der Waals surface area contributed by atoms with Crippen molar-refractivity contribution < 1.29 is 18.8 Å². The van der Waals surface area contributed by atoms with Crippen LogP contribution in [0.15, 0.2) is 28.8 Å². The van der Waals surface area contributed by atoms with Gasteiger partial charge in [0.15, 0.2) is 17.3 Å². The number of carbonyl (C=O) groups excluding carboxylic acids is 1. The Balaban J connectivity index is 1.40. The van der Waals surface area contributed by atoms with Crippen LogP contribution in [0.2, 0.25) is 0 Å². The van der Waals surface area contributed by atoms with E-state index in [1.54, 1.807) is 19.9 Å². The van der Waals surface area contributed by atoms with Gasteiger partial charge in [-0.05, 0) is 38.8 Å². The minimum Gasteiger partial charge on any atom is -0.448 e. The summed E-state index contributed by atoms with van der Waals surface area (Å²) in [5.41, 5.74) is 0.805. The number of aromatic nitrogens is 1. The number of fused-ring (bicyclic) bond motifs is 1. The molecule has 1 fully saturated rings. The van der Waals surface area contributed by atoms with Crippen LogP contribution < -0.4 is 20.1 Å². The predicted molar refractivity (Wildman–Crippen MR) is 96.5 cm³/mol. The van der Waals surface area contributed by atoms with Crippen LogP contribution in [0.3, 0.4) is 0 Å². The summed E-state index contributed by atoms with van der Waals surface area (Å²) < 4.78 is 17.2. The second kappa shape index (κ2) is 6.55. The number of nitrogens with zero attached hydrogens (tertiary/aromatic N) is 1. The van der Waals surface area contributed by atoms with Crippen molar-refractivity contribution in [2.45, 2.75) is 57.8 Å². The van der Waals surface area contributed by atoms with Crippen molar-refractivity contribution in [1.82, 2.24) is 5.16 Å². The lowest BCUT2D eigenvalue weighted by Gasteiger charge is -2.31. The first-order chi connectivity index (χ1) is 12.5. The fraction of sp³-hybridized carbons (Fsp3) is 0.474. The maximum atomic E-state index is 12.3. The van der Waals surface area contributed by atoms with Crippen LogP contribution in [0.1, 0.15) is 44.8 Å². The largest absolute Gasteiger partial charge is 0.448 e. The van der Waals surface area contributed by atoms with Gasteiger partial charge in [-0.1, -0.05) is 11.6 Å². The van der Waals surface area contributed by atoms with Gasteiger partial charge in [-0.15, -0.1) is 0 Å². The number of anilines is 2. The maximum absolute atomic E-state index is 12.3. The standard InChI is InChI=1S/C19H23N3O4/c1-12-10-17(22-26-12)21-18(23)13(2)20-14-6-7-15-16(11-14)25-19(24-15)8-4-3-5-9-19/h6-7,10-11,13,20H,3-5,8-9H2,1-2H3,(H,21,22,23)/t13-/m0/s1. The van der Waals surface area contributed by atoms with E-state index >= 15 is 0 Å². The zero-order valence-electron chi connectivity index (χ0n) is 15.0.